The first-order valence-electron chi connectivity index (χ1n) is 5.97. The van der Waals surface area contributed by atoms with Crippen LogP contribution < -0.4 is 0 Å². The average Bonchev–Trinajstić information content (AvgIpc) is 2.35. The van der Waals surface area contributed by atoms with E-state index in [9.17, 15) is 0 Å². The minimum absolute atomic E-state index is 0.797. The Balaban J connectivity index is 4.26. The first-order chi connectivity index (χ1) is 8.46. The van der Waals surface area contributed by atoms with Crippen molar-refractivity contribution in [2.75, 3.05) is 56.1 Å². The normalized spacial score (nSPS) is 12.7. The van der Waals surface area contributed by atoms with E-state index in [2.05, 4.69) is 9.89 Å². The molecule has 0 aromatic rings. The smallest absolute Gasteiger partial charge is 0.377 e. The fraction of sp³-hybridized carbons (Fsp3) is 0.909. The van der Waals surface area contributed by atoms with Gasteiger partial charge in [-0.15, -0.1) is 0 Å². The van der Waals surface area contributed by atoms with E-state index in [-0.39, 0.29) is 0 Å². The van der Waals surface area contributed by atoms with Gasteiger partial charge in [-0.2, -0.15) is 0 Å². The van der Waals surface area contributed by atoms with Crippen LogP contribution in [0.5, 0.6) is 0 Å². The summed E-state index contributed by atoms with van der Waals surface area (Å²) in [7, 11) is 10.3. The minimum atomic E-state index is -2.44. The molecule has 0 saturated heterocycles. The number of rotatable bonds is 7. The Kier molecular flexibility index (Phi) is 8.17. The minimum Gasteiger partial charge on any atom is -0.377 e. The van der Waals surface area contributed by atoms with Gasteiger partial charge in [0.25, 0.3) is 0 Å². The van der Waals surface area contributed by atoms with Crippen molar-refractivity contribution < 1.29 is 13.3 Å². The van der Waals surface area contributed by atoms with Gasteiger partial charge in [-0.05, 0) is 6.42 Å². The topological polar surface area (TPSA) is 46.5 Å². The van der Waals surface area contributed by atoms with Crippen molar-refractivity contribution >= 4 is 14.8 Å². The van der Waals surface area contributed by atoms with Gasteiger partial charge in [-0.25, -0.2) is 0 Å². The monoisotopic (exact) mass is 277 g/mol. The van der Waals surface area contributed by atoms with Gasteiger partial charge in [0.2, 0.25) is 0 Å². The highest BCUT2D eigenvalue weighted by molar-refractivity contribution is 6.60. The molecule has 0 spiro atoms. The fourth-order valence-electron chi connectivity index (χ4n) is 1.90. The van der Waals surface area contributed by atoms with E-state index in [1.165, 1.54) is 0 Å². The van der Waals surface area contributed by atoms with Crippen LogP contribution in [0.3, 0.4) is 0 Å². The quantitative estimate of drug-likeness (QED) is 0.390. The molecule has 0 aliphatic rings. The Bertz CT molecular complexity index is 250. The van der Waals surface area contributed by atoms with Crippen LogP contribution >= 0.6 is 0 Å². The maximum absolute atomic E-state index is 5.39. The highest BCUT2D eigenvalue weighted by Crippen LogP contribution is 2.15. The lowest BCUT2D eigenvalue weighted by molar-refractivity contribution is 0.122. The van der Waals surface area contributed by atoms with E-state index in [0.29, 0.717) is 0 Å². The van der Waals surface area contributed by atoms with Gasteiger partial charge in [0, 0.05) is 62.1 Å². The third-order valence-electron chi connectivity index (χ3n) is 2.85. The van der Waals surface area contributed by atoms with Crippen LogP contribution in [-0.2, 0) is 13.3 Å². The molecular weight excluding hydrogens is 250 g/mol. The van der Waals surface area contributed by atoms with Crippen LogP contribution in [0.2, 0.25) is 6.04 Å². The van der Waals surface area contributed by atoms with E-state index in [0.717, 1.165) is 25.0 Å². The molecule has 0 aromatic carbocycles. The Morgan fingerprint density at radius 2 is 1.56 bits per heavy atom. The van der Waals surface area contributed by atoms with Crippen LogP contribution in [0, 0.1) is 0 Å². The summed E-state index contributed by atoms with van der Waals surface area (Å²) in [6.45, 7) is 0.885. The maximum Gasteiger partial charge on any atom is 0.500 e. The van der Waals surface area contributed by atoms with Crippen LogP contribution in [0.1, 0.15) is 6.42 Å². The molecule has 0 heterocycles. The molecule has 7 heteroatoms. The number of guanidine groups is 1. The third-order valence-corrected chi connectivity index (χ3v) is 5.68. The zero-order valence-electron chi connectivity index (χ0n) is 12.7. The van der Waals surface area contributed by atoms with Crippen LogP contribution in [0.4, 0.5) is 0 Å². The second-order valence-electron chi connectivity index (χ2n) is 4.24. The lowest BCUT2D eigenvalue weighted by Gasteiger charge is -2.28. The number of aliphatic imine (C=N–C) groups is 1. The largest absolute Gasteiger partial charge is 0.500 e. The molecule has 0 amide bonds. The SMILES string of the molecule is CN=C(N(C)C)N(C)CCC[Si](OC)(OC)OC. The van der Waals surface area contributed by atoms with Crippen LogP contribution in [0.25, 0.3) is 0 Å². The summed E-state index contributed by atoms with van der Waals surface area (Å²) in [6, 6.07) is 0.797. The van der Waals surface area contributed by atoms with Crippen molar-refractivity contribution in [1.82, 2.24) is 9.80 Å². The summed E-state index contributed by atoms with van der Waals surface area (Å²) in [5.74, 6) is 0.953. The molecule has 0 saturated carbocycles. The summed E-state index contributed by atoms with van der Waals surface area (Å²) in [4.78, 5) is 8.35. The molecule has 108 valence electrons. The van der Waals surface area contributed by atoms with Gasteiger partial charge in [-0.3, -0.25) is 4.99 Å². The van der Waals surface area contributed by atoms with Crippen LogP contribution in [-0.4, -0.2) is 80.6 Å². The van der Waals surface area contributed by atoms with Gasteiger partial charge in [-0.1, -0.05) is 0 Å². The summed E-state index contributed by atoms with van der Waals surface area (Å²) in [6.07, 6.45) is 0.936. The van der Waals surface area contributed by atoms with Crippen molar-refractivity contribution in [3.05, 3.63) is 0 Å². The van der Waals surface area contributed by atoms with Gasteiger partial charge in [0.05, 0.1) is 0 Å². The highest BCUT2D eigenvalue weighted by atomic mass is 28.4. The van der Waals surface area contributed by atoms with Gasteiger partial charge in [0.1, 0.15) is 0 Å². The van der Waals surface area contributed by atoms with E-state index in [1.807, 2.05) is 26.0 Å². The zero-order valence-corrected chi connectivity index (χ0v) is 13.7. The molecule has 0 fully saturated rings. The summed E-state index contributed by atoms with van der Waals surface area (Å²) in [5, 5.41) is 0. The molecule has 0 unspecified atom stereocenters. The maximum atomic E-state index is 5.39. The Hall–Kier alpha value is -0.633. The average molecular weight is 277 g/mol. The predicted octanol–water partition coefficient (Wildman–Crippen LogP) is 0.734. The van der Waals surface area contributed by atoms with E-state index in [1.54, 1.807) is 28.4 Å². The molecular formula is C11H27N3O3Si. The van der Waals surface area contributed by atoms with Crippen LogP contribution in [0.15, 0.2) is 4.99 Å². The predicted molar refractivity (Wildman–Crippen MR) is 75.9 cm³/mol. The standard InChI is InChI=1S/C11H27N3O3Si/c1-12-11(13(2)3)14(4)9-8-10-18(15-5,16-6)17-7/h8-10H2,1-7H3. The summed E-state index contributed by atoms with van der Waals surface area (Å²) in [5.41, 5.74) is 0. The number of hydrogen-bond acceptors (Lipinski definition) is 4. The second kappa shape index (κ2) is 8.47. The molecule has 0 bridgehead atoms. The Morgan fingerprint density at radius 1 is 1.06 bits per heavy atom. The van der Waals surface area contributed by atoms with Gasteiger partial charge in [0.15, 0.2) is 5.96 Å². The van der Waals surface area contributed by atoms with Gasteiger partial charge >= 0.3 is 8.80 Å². The van der Waals surface area contributed by atoms with E-state index in [4.69, 9.17) is 13.3 Å². The highest BCUT2D eigenvalue weighted by Gasteiger charge is 2.37. The van der Waals surface area contributed by atoms with Crippen molar-refractivity contribution in [3.63, 3.8) is 0 Å². The molecule has 0 rings (SSSR count). The number of nitrogens with zero attached hydrogens (tertiary/aromatic N) is 3. The molecule has 0 N–H and O–H groups in total. The lowest BCUT2D eigenvalue weighted by atomic mass is 10.4. The molecule has 0 aliphatic heterocycles. The first kappa shape index (κ1) is 17.4. The molecule has 0 atom stereocenters. The first-order valence-corrected chi connectivity index (χ1v) is 7.90. The number of hydrogen-bond donors (Lipinski definition) is 0. The summed E-state index contributed by atoms with van der Waals surface area (Å²) < 4.78 is 16.2. The summed E-state index contributed by atoms with van der Waals surface area (Å²) >= 11 is 0. The van der Waals surface area contributed by atoms with E-state index < -0.39 is 8.80 Å². The molecule has 18 heavy (non-hydrogen) atoms. The van der Waals surface area contributed by atoms with Crippen molar-refractivity contribution in [2.24, 2.45) is 4.99 Å². The van der Waals surface area contributed by atoms with Gasteiger partial charge < -0.3 is 23.1 Å². The Labute approximate surface area is 112 Å². The fourth-order valence-corrected chi connectivity index (χ4v) is 3.60. The lowest BCUT2D eigenvalue weighted by Crippen LogP contribution is -2.44. The van der Waals surface area contributed by atoms with Crippen molar-refractivity contribution in [1.29, 1.82) is 0 Å². The van der Waals surface area contributed by atoms with Crippen molar-refractivity contribution in [2.45, 2.75) is 12.5 Å². The second-order valence-corrected chi connectivity index (χ2v) is 7.33. The van der Waals surface area contributed by atoms with E-state index >= 15 is 0 Å². The molecule has 0 radical (unpaired) electrons. The Morgan fingerprint density at radius 3 is 1.89 bits per heavy atom. The molecule has 0 aromatic heterocycles. The zero-order chi connectivity index (χ0) is 14.2. The third kappa shape index (κ3) is 4.93. The molecule has 6 nitrogen and oxygen atoms in total. The van der Waals surface area contributed by atoms with Crippen molar-refractivity contribution in [3.8, 4) is 0 Å². The molecule has 0 aliphatic carbocycles.